The van der Waals surface area contributed by atoms with Crippen LogP contribution in [-0.2, 0) is 11.3 Å². The molecule has 4 nitrogen and oxygen atoms in total. The van der Waals surface area contributed by atoms with E-state index in [1.807, 2.05) is 30.3 Å². The van der Waals surface area contributed by atoms with Crippen LogP contribution in [-0.4, -0.2) is 24.5 Å². The third-order valence-corrected chi connectivity index (χ3v) is 3.11. The Bertz CT molecular complexity index is 376. The first-order valence-electron chi connectivity index (χ1n) is 6.56. The molecule has 1 fully saturated rings. The lowest BCUT2D eigenvalue weighted by Crippen LogP contribution is -2.42. The maximum atomic E-state index is 11.7. The Labute approximate surface area is 108 Å². The van der Waals surface area contributed by atoms with E-state index in [4.69, 9.17) is 5.73 Å². The molecule has 0 saturated heterocycles. The second-order valence-electron chi connectivity index (χ2n) is 4.83. The van der Waals surface area contributed by atoms with Gasteiger partial charge < -0.3 is 16.4 Å². The van der Waals surface area contributed by atoms with Gasteiger partial charge in [0.1, 0.15) is 0 Å². The normalized spacial score (nSPS) is 16.3. The summed E-state index contributed by atoms with van der Waals surface area (Å²) < 4.78 is 0. The molecule has 0 radical (unpaired) electrons. The smallest absolute Gasteiger partial charge is 0.237 e. The van der Waals surface area contributed by atoms with Crippen molar-refractivity contribution in [3.63, 3.8) is 0 Å². The molecule has 0 heterocycles. The molecule has 98 valence electrons. The van der Waals surface area contributed by atoms with Gasteiger partial charge in [-0.3, -0.25) is 4.79 Å². The molecule has 0 spiro atoms. The minimum absolute atomic E-state index is 0.0727. The first kappa shape index (κ1) is 13.1. The number of nitrogens with one attached hydrogen (secondary N) is 2. The number of rotatable bonds is 7. The molecule has 0 bridgehead atoms. The average molecular weight is 247 g/mol. The zero-order chi connectivity index (χ0) is 12.8. The third-order valence-electron chi connectivity index (χ3n) is 3.11. The van der Waals surface area contributed by atoms with E-state index >= 15 is 0 Å². The Balaban J connectivity index is 1.63. The van der Waals surface area contributed by atoms with Crippen molar-refractivity contribution in [1.29, 1.82) is 0 Å². The van der Waals surface area contributed by atoms with Crippen molar-refractivity contribution in [2.24, 2.45) is 5.73 Å². The van der Waals surface area contributed by atoms with Crippen molar-refractivity contribution in [1.82, 2.24) is 10.6 Å². The van der Waals surface area contributed by atoms with Crippen LogP contribution in [0.3, 0.4) is 0 Å². The second-order valence-corrected chi connectivity index (χ2v) is 4.83. The van der Waals surface area contributed by atoms with Gasteiger partial charge in [0.05, 0.1) is 6.04 Å². The number of carbonyl (C=O) groups excluding carboxylic acids is 1. The van der Waals surface area contributed by atoms with E-state index in [9.17, 15) is 4.79 Å². The Morgan fingerprint density at radius 2 is 2.06 bits per heavy atom. The number of hydrogen-bond donors (Lipinski definition) is 3. The van der Waals surface area contributed by atoms with Crippen molar-refractivity contribution < 1.29 is 4.79 Å². The molecule has 0 aliphatic heterocycles. The standard InChI is InChI=1S/C14H21N3O/c15-13(8-9-16-12-6-7-12)14(18)17-10-11-4-2-1-3-5-11/h1-5,12-13,16H,6-10,15H2,(H,17,18). The van der Waals surface area contributed by atoms with Gasteiger partial charge in [-0.2, -0.15) is 0 Å². The quantitative estimate of drug-likeness (QED) is 0.667. The number of amides is 1. The van der Waals surface area contributed by atoms with Crippen molar-refractivity contribution in [2.45, 2.75) is 37.9 Å². The van der Waals surface area contributed by atoms with E-state index in [2.05, 4.69) is 10.6 Å². The molecule has 1 aromatic rings. The Kier molecular flexibility index (Phi) is 4.73. The molecule has 1 unspecified atom stereocenters. The molecule has 2 rings (SSSR count). The van der Waals surface area contributed by atoms with Crippen molar-refractivity contribution in [2.75, 3.05) is 6.54 Å². The molecule has 1 saturated carbocycles. The van der Waals surface area contributed by atoms with Crippen LogP contribution < -0.4 is 16.4 Å². The topological polar surface area (TPSA) is 67.1 Å². The van der Waals surface area contributed by atoms with Crippen LogP contribution in [0.2, 0.25) is 0 Å². The minimum Gasteiger partial charge on any atom is -0.351 e. The summed E-state index contributed by atoms with van der Waals surface area (Å²) in [7, 11) is 0. The Morgan fingerprint density at radius 1 is 1.33 bits per heavy atom. The van der Waals surface area contributed by atoms with Crippen molar-refractivity contribution >= 4 is 5.91 Å². The Hall–Kier alpha value is -1.39. The fourth-order valence-corrected chi connectivity index (χ4v) is 1.78. The van der Waals surface area contributed by atoms with Crippen LogP contribution in [0.1, 0.15) is 24.8 Å². The highest BCUT2D eigenvalue weighted by Gasteiger charge is 2.21. The van der Waals surface area contributed by atoms with Crippen LogP contribution >= 0.6 is 0 Å². The van der Waals surface area contributed by atoms with Gasteiger partial charge in [-0.15, -0.1) is 0 Å². The fraction of sp³-hybridized carbons (Fsp3) is 0.500. The first-order chi connectivity index (χ1) is 8.75. The number of nitrogens with two attached hydrogens (primary N) is 1. The van der Waals surface area contributed by atoms with Crippen molar-refractivity contribution in [3.05, 3.63) is 35.9 Å². The van der Waals surface area contributed by atoms with Crippen LogP contribution in [0, 0.1) is 0 Å². The van der Waals surface area contributed by atoms with Gasteiger partial charge in [0.15, 0.2) is 0 Å². The number of hydrogen-bond acceptors (Lipinski definition) is 3. The van der Waals surface area contributed by atoms with Gasteiger partial charge in [0.25, 0.3) is 0 Å². The van der Waals surface area contributed by atoms with Gasteiger partial charge in [-0.1, -0.05) is 30.3 Å². The van der Waals surface area contributed by atoms with E-state index in [0.717, 1.165) is 12.1 Å². The lowest BCUT2D eigenvalue weighted by molar-refractivity contribution is -0.122. The van der Waals surface area contributed by atoms with E-state index in [-0.39, 0.29) is 5.91 Å². The third kappa shape index (κ3) is 4.47. The van der Waals surface area contributed by atoms with Crippen LogP contribution in [0.15, 0.2) is 30.3 Å². The first-order valence-corrected chi connectivity index (χ1v) is 6.56. The van der Waals surface area contributed by atoms with Gasteiger partial charge in [0.2, 0.25) is 5.91 Å². The molecule has 4 N–H and O–H groups in total. The van der Waals surface area contributed by atoms with E-state index in [1.54, 1.807) is 0 Å². The maximum Gasteiger partial charge on any atom is 0.237 e. The predicted molar refractivity (Wildman–Crippen MR) is 71.9 cm³/mol. The van der Waals surface area contributed by atoms with E-state index in [0.29, 0.717) is 19.0 Å². The molecular formula is C14H21N3O. The lowest BCUT2D eigenvalue weighted by atomic mass is 10.2. The highest BCUT2D eigenvalue weighted by molar-refractivity contribution is 5.81. The molecule has 1 atom stereocenters. The highest BCUT2D eigenvalue weighted by atomic mass is 16.2. The molecule has 1 amide bonds. The van der Waals surface area contributed by atoms with Crippen LogP contribution in [0.5, 0.6) is 0 Å². The van der Waals surface area contributed by atoms with Crippen LogP contribution in [0.25, 0.3) is 0 Å². The largest absolute Gasteiger partial charge is 0.351 e. The molecule has 1 aliphatic carbocycles. The summed E-state index contributed by atoms with van der Waals surface area (Å²) in [5.74, 6) is -0.0727. The Morgan fingerprint density at radius 3 is 2.72 bits per heavy atom. The maximum absolute atomic E-state index is 11.7. The summed E-state index contributed by atoms with van der Waals surface area (Å²) in [4.78, 5) is 11.7. The minimum atomic E-state index is -0.417. The summed E-state index contributed by atoms with van der Waals surface area (Å²) in [5, 5.41) is 6.22. The van der Waals surface area contributed by atoms with Crippen LogP contribution in [0.4, 0.5) is 0 Å². The number of benzene rings is 1. The second kappa shape index (κ2) is 6.52. The molecule has 1 aliphatic rings. The van der Waals surface area contributed by atoms with Gasteiger partial charge in [-0.25, -0.2) is 0 Å². The SMILES string of the molecule is NC(CCNC1CC1)C(=O)NCc1ccccc1. The molecule has 1 aromatic carbocycles. The average Bonchev–Trinajstić information content (AvgIpc) is 3.21. The van der Waals surface area contributed by atoms with E-state index in [1.165, 1.54) is 12.8 Å². The summed E-state index contributed by atoms with van der Waals surface area (Å²) in [5.41, 5.74) is 6.93. The summed E-state index contributed by atoms with van der Waals surface area (Å²) >= 11 is 0. The summed E-state index contributed by atoms with van der Waals surface area (Å²) in [6.45, 7) is 1.37. The molecule has 4 heteroatoms. The molecule has 18 heavy (non-hydrogen) atoms. The molecule has 0 aromatic heterocycles. The van der Waals surface area contributed by atoms with Gasteiger partial charge in [0, 0.05) is 12.6 Å². The highest BCUT2D eigenvalue weighted by Crippen LogP contribution is 2.18. The zero-order valence-corrected chi connectivity index (χ0v) is 10.6. The van der Waals surface area contributed by atoms with Crippen molar-refractivity contribution in [3.8, 4) is 0 Å². The van der Waals surface area contributed by atoms with Gasteiger partial charge >= 0.3 is 0 Å². The monoisotopic (exact) mass is 247 g/mol. The summed E-state index contributed by atoms with van der Waals surface area (Å²) in [6, 6.07) is 10.1. The molecular weight excluding hydrogens is 226 g/mol. The van der Waals surface area contributed by atoms with Gasteiger partial charge in [-0.05, 0) is 31.4 Å². The summed E-state index contributed by atoms with van der Waals surface area (Å²) in [6.07, 6.45) is 3.21. The predicted octanol–water partition coefficient (Wildman–Crippen LogP) is 0.772. The fourth-order valence-electron chi connectivity index (χ4n) is 1.78. The number of carbonyl (C=O) groups is 1. The lowest BCUT2D eigenvalue weighted by Gasteiger charge is -2.12. The van der Waals surface area contributed by atoms with E-state index < -0.39 is 6.04 Å². The zero-order valence-electron chi connectivity index (χ0n) is 10.6.